The van der Waals surface area contributed by atoms with Crippen LogP contribution < -0.4 is 11.5 Å². The third-order valence-electron chi connectivity index (χ3n) is 1.41. The summed E-state index contributed by atoms with van der Waals surface area (Å²) in [6.07, 6.45) is 5.01. The average Bonchev–Trinajstić information content (AvgIpc) is 2.03. The van der Waals surface area contributed by atoms with Crippen molar-refractivity contribution in [2.24, 2.45) is 16.5 Å². The summed E-state index contributed by atoms with van der Waals surface area (Å²) in [6.45, 7) is 0. The normalized spacial score (nSPS) is 15.1. The van der Waals surface area contributed by atoms with Crippen LogP contribution in [0.15, 0.2) is 28.9 Å². The molecule has 0 radical (unpaired) electrons. The summed E-state index contributed by atoms with van der Waals surface area (Å²) in [5.41, 5.74) is 10.8. The fourth-order valence-electron chi connectivity index (χ4n) is 0.920. The van der Waals surface area contributed by atoms with Crippen LogP contribution in [0.3, 0.4) is 0 Å². The maximum atomic E-state index is 10.6. The molecule has 1 rings (SSSR count). The largest absolute Gasteiger partial charge is 0.370 e. The van der Waals surface area contributed by atoms with Crippen LogP contribution in [-0.4, -0.2) is 19.2 Å². The van der Waals surface area contributed by atoms with E-state index in [0.717, 1.165) is 0 Å². The van der Waals surface area contributed by atoms with Crippen molar-refractivity contribution in [2.45, 2.75) is 6.42 Å². The molecule has 4 N–H and O–H groups in total. The van der Waals surface area contributed by atoms with Crippen LogP contribution in [0.25, 0.3) is 0 Å². The Morgan fingerprint density at radius 1 is 1.46 bits per heavy atom. The van der Waals surface area contributed by atoms with Crippen molar-refractivity contribution in [1.29, 1.82) is 0 Å². The molecule has 0 aromatic rings. The molecule has 0 bridgehead atoms. The Hall–Kier alpha value is -1.56. The number of nitrogens with zero attached hydrogens (tertiary/aromatic N) is 1. The molecule has 0 unspecified atom stereocenters. The van der Waals surface area contributed by atoms with Gasteiger partial charge in [0.2, 0.25) is 10.3 Å². The highest BCUT2D eigenvalue weighted by molar-refractivity contribution is 7.73. The lowest BCUT2D eigenvalue weighted by atomic mass is 10.1. The van der Waals surface area contributed by atoms with Gasteiger partial charge in [0.05, 0.1) is 4.86 Å². The summed E-state index contributed by atoms with van der Waals surface area (Å²) in [7, 11) is -2.20. The maximum absolute atomic E-state index is 10.6. The third kappa shape index (κ3) is 2.75. The standard InChI is InChI=1S/C7H9N3O2S/c8-7(9)10-5-2-1-3-6(4-5)13(11)12/h1-3H,4H2,(H4,8,9,10). The van der Waals surface area contributed by atoms with E-state index in [0.29, 0.717) is 5.70 Å². The van der Waals surface area contributed by atoms with Gasteiger partial charge in [0.1, 0.15) is 0 Å². The van der Waals surface area contributed by atoms with Gasteiger partial charge >= 0.3 is 0 Å². The van der Waals surface area contributed by atoms with Crippen LogP contribution in [0.2, 0.25) is 0 Å². The van der Waals surface area contributed by atoms with Gasteiger partial charge in [-0.2, -0.15) is 8.42 Å². The van der Waals surface area contributed by atoms with E-state index < -0.39 is 10.3 Å². The lowest BCUT2D eigenvalue weighted by Crippen LogP contribution is -2.23. The highest BCUT2D eigenvalue weighted by Gasteiger charge is 2.05. The van der Waals surface area contributed by atoms with Crippen LogP contribution >= 0.6 is 0 Å². The van der Waals surface area contributed by atoms with Crippen molar-refractivity contribution in [3.63, 3.8) is 0 Å². The van der Waals surface area contributed by atoms with Crippen LogP contribution in [0, 0.1) is 0 Å². The van der Waals surface area contributed by atoms with Gasteiger partial charge in [-0.1, -0.05) is 6.08 Å². The lowest BCUT2D eigenvalue weighted by molar-refractivity contribution is 0.627. The van der Waals surface area contributed by atoms with Crippen molar-refractivity contribution in [1.82, 2.24) is 0 Å². The molecule has 0 fully saturated rings. The van der Waals surface area contributed by atoms with Gasteiger partial charge in [-0.15, -0.1) is 0 Å². The Balaban J connectivity index is 2.97. The number of nitrogens with two attached hydrogens (primary N) is 2. The predicted octanol–water partition coefficient (Wildman–Crippen LogP) is -0.845. The van der Waals surface area contributed by atoms with Gasteiger partial charge in [0.15, 0.2) is 5.96 Å². The summed E-state index contributed by atoms with van der Waals surface area (Å²) in [5.74, 6) is -0.0717. The number of allylic oxidation sites excluding steroid dienone is 4. The van der Waals surface area contributed by atoms with Gasteiger partial charge in [-0.3, -0.25) is 0 Å². The zero-order valence-electron chi connectivity index (χ0n) is 6.77. The maximum Gasteiger partial charge on any atom is 0.217 e. The summed E-state index contributed by atoms with van der Waals surface area (Å²) in [5, 5.41) is 0. The van der Waals surface area contributed by atoms with E-state index >= 15 is 0 Å². The molecular formula is C7H9N3O2S. The molecule has 0 aromatic carbocycles. The van der Waals surface area contributed by atoms with Crippen LogP contribution in [0.5, 0.6) is 0 Å². The first-order valence-electron chi connectivity index (χ1n) is 3.51. The first-order chi connectivity index (χ1) is 6.09. The third-order valence-corrected chi connectivity index (χ3v) is 2.12. The monoisotopic (exact) mass is 199 g/mol. The van der Waals surface area contributed by atoms with Crippen LogP contribution in [0.1, 0.15) is 6.42 Å². The molecule has 6 heteroatoms. The molecule has 0 amide bonds. The minimum Gasteiger partial charge on any atom is -0.370 e. The van der Waals surface area contributed by atoms with E-state index in [1.165, 1.54) is 6.08 Å². The number of rotatable bonds is 1. The van der Waals surface area contributed by atoms with E-state index in [9.17, 15) is 8.42 Å². The molecule has 0 saturated carbocycles. The Morgan fingerprint density at radius 2 is 2.15 bits per heavy atom. The first kappa shape index (κ1) is 9.53. The summed E-state index contributed by atoms with van der Waals surface area (Å²) >= 11 is 0. The number of hydrogen-bond acceptors (Lipinski definition) is 3. The van der Waals surface area contributed by atoms with Crippen molar-refractivity contribution < 1.29 is 8.42 Å². The van der Waals surface area contributed by atoms with E-state index in [4.69, 9.17) is 11.5 Å². The topological polar surface area (TPSA) is 98.5 Å². The first-order valence-corrected chi connectivity index (χ1v) is 4.59. The molecule has 0 aromatic heterocycles. The van der Waals surface area contributed by atoms with Crippen LogP contribution in [-0.2, 0) is 10.3 Å². The van der Waals surface area contributed by atoms with E-state index in [1.54, 1.807) is 12.2 Å². The van der Waals surface area contributed by atoms with Gasteiger partial charge in [0.25, 0.3) is 0 Å². The Kier molecular flexibility index (Phi) is 2.86. The molecule has 5 nitrogen and oxygen atoms in total. The van der Waals surface area contributed by atoms with Gasteiger partial charge in [-0.25, -0.2) is 4.99 Å². The number of aliphatic imine (C=N–C) groups is 1. The minimum atomic E-state index is -2.20. The number of hydrogen-bond donors (Lipinski definition) is 2. The zero-order chi connectivity index (χ0) is 9.84. The molecule has 1 aliphatic carbocycles. The van der Waals surface area contributed by atoms with Crippen LogP contribution in [0.4, 0.5) is 0 Å². The smallest absolute Gasteiger partial charge is 0.217 e. The molecule has 0 heterocycles. The van der Waals surface area contributed by atoms with E-state index in [1.807, 2.05) is 0 Å². The molecule has 1 aliphatic rings. The van der Waals surface area contributed by atoms with Gasteiger partial charge in [-0.05, 0) is 12.2 Å². The second kappa shape index (κ2) is 3.90. The molecule has 0 saturated heterocycles. The Labute approximate surface area is 77.0 Å². The zero-order valence-corrected chi connectivity index (χ0v) is 7.58. The SMILES string of the molecule is NC(N)=NC1=CC=CC(=S(=O)=O)C1. The summed E-state index contributed by atoms with van der Waals surface area (Å²) in [4.78, 5) is 4.04. The highest BCUT2D eigenvalue weighted by atomic mass is 32.2. The molecule has 0 atom stereocenters. The summed E-state index contributed by atoms with van der Waals surface area (Å²) in [6, 6.07) is 0. The van der Waals surface area contributed by atoms with Crippen molar-refractivity contribution >= 4 is 21.1 Å². The molecular weight excluding hydrogens is 190 g/mol. The highest BCUT2D eigenvalue weighted by Crippen LogP contribution is 2.10. The second-order valence-corrected chi connectivity index (χ2v) is 3.43. The fraction of sp³-hybridized carbons (Fsp3) is 0.143. The molecule has 0 aliphatic heterocycles. The predicted molar refractivity (Wildman–Crippen MR) is 51.6 cm³/mol. The average molecular weight is 199 g/mol. The molecule has 70 valence electrons. The fourth-order valence-corrected chi connectivity index (χ4v) is 1.38. The second-order valence-electron chi connectivity index (χ2n) is 2.43. The van der Waals surface area contributed by atoms with Crippen molar-refractivity contribution in [2.75, 3.05) is 0 Å². The van der Waals surface area contributed by atoms with Crippen molar-refractivity contribution in [3.05, 3.63) is 23.9 Å². The lowest BCUT2D eigenvalue weighted by Gasteiger charge is -2.03. The minimum absolute atomic E-state index is 0.0717. The summed E-state index contributed by atoms with van der Waals surface area (Å²) < 4.78 is 21.1. The van der Waals surface area contributed by atoms with Gasteiger partial charge < -0.3 is 11.5 Å². The van der Waals surface area contributed by atoms with E-state index in [2.05, 4.69) is 4.99 Å². The van der Waals surface area contributed by atoms with E-state index in [-0.39, 0.29) is 17.2 Å². The number of guanidine groups is 1. The van der Waals surface area contributed by atoms with Crippen molar-refractivity contribution in [3.8, 4) is 0 Å². The van der Waals surface area contributed by atoms with Gasteiger partial charge in [0, 0.05) is 12.1 Å². The molecule has 0 spiro atoms. The molecule has 13 heavy (non-hydrogen) atoms. The Morgan fingerprint density at radius 3 is 2.69 bits per heavy atom. The Bertz CT molecular complexity index is 417. The quantitative estimate of drug-likeness (QED) is 0.326.